The number of rotatable bonds is 6. The number of carbonyl (C=O) groups excluding carboxylic acids is 1. The van der Waals surface area contributed by atoms with Gasteiger partial charge in [0.1, 0.15) is 0 Å². The summed E-state index contributed by atoms with van der Waals surface area (Å²) in [7, 11) is -3.77. The minimum Gasteiger partial charge on any atom is -0.341 e. The first kappa shape index (κ1) is 20.8. The Morgan fingerprint density at radius 2 is 1.71 bits per heavy atom. The molecular weight excluding hydrogens is 396 g/mol. The van der Waals surface area contributed by atoms with Crippen molar-refractivity contribution in [3.63, 3.8) is 0 Å². The number of nitrogens with one attached hydrogen (secondary N) is 1. The van der Waals surface area contributed by atoms with Gasteiger partial charge in [-0.25, -0.2) is 8.42 Å². The van der Waals surface area contributed by atoms with Gasteiger partial charge in [0.25, 0.3) is 0 Å². The molecule has 1 heterocycles. The molecule has 7 heteroatoms. The summed E-state index contributed by atoms with van der Waals surface area (Å²) in [5.74, 6) is 0.364. The quantitative estimate of drug-likeness (QED) is 0.777. The molecule has 2 aromatic carbocycles. The van der Waals surface area contributed by atoms with Crippen LogP contribution in [0, 0.1) is 5.92 Å². The van der Waals surface area contributed by atoms with E-state index >= 15 is 0 Å². The molecule has 28 heavy (non-hydrogen) atoms. The number of amides is 1. The number of piperidine rings is 1. The highest BCUT2D eigenvalue weighted by molar-refractivity contribution is 7.89. The first-order valence-electron chi connectivity index (χ1n) is 9.46. The largest absolute Gasteiger partial charge is 0.341 e. The van der Waals surface area contributed by atoms with Gasteiger partial charge in [0.15, 0.2) is 0 Å². The Morgan fingerprint density at radius 1 is 1.11 bits per heavy atom. The van der Waals surface area contributed by atoms with Crippen molar-refractivity contribution < 1.29 is 13.2 Å². The maximum Gasteiger partial charge on any atom is 0.241 e. The maximum absolute atomic E-state index is 12.7. The van der Waals surface area contributed by atoms with E-state index in [1.165, 1.54) is 29.8 Å². The number of hydrogen-bond acceptors (Lipinski definition) is 3. The second kappa shape index (κ2) is 9.07. The number of hydrogen-bond donors (Lipinski definition) is 1. The third-order valence-electron chi connectivity index (χ3n) is 5.12. The zero-order valence-corrected chi connectivity index (χ0v) is 17.4. The van der Waals surface area contributed by atoms with Crippen LogP contribution in [0.5, 0.6) is 0 Å². The van der Waals surface area contributed by atoms with E-state index in [0.29, 0.717) is 24.0 Å². The average molecular weight is 421 g/mol. The van der Waals surface area contributed by atoms with E-state index in [1.54, 1.807) is 11.8 Å². The summed E-state index contributed by atoms with van der Waals surface area (Å²) in [4.78, 5) is 14.6. The summed E-state index contributed by atoms with van der Waals surface area (Å²) >= 11 is 5.81. The molecule has 0 aliphatic carbocycles. The van der Waals surface area contributed by atoms with Gasteiger partial charge in [0, 0.05) is 18.1 Å². The van der Waals surface area contributed by atoms with Crippen molar-refractivity contribution in [1.29, 1.82) is 0 Å². The van der Waals surface area contributed by atoms with E-state index in [2.05, 4.69) is 16.9 Å². The van der Waals surface area contributed by atoms with Gasteiger partial charge in [-0.1, -0.05) is 41.9 Å². The van der Waals surface area contributed by atoms with Crippen LogP contribution in [-0.4, -0.2) is 38.4 Å². The van der Waals surface area contributed by atoms with Crippen LogP contribution in [-0.2, 0) is 21.2 Å². The third-order valence-corrected chi connectivity index (χ3v) is 6.93. The Labute approximate surface area is 171 Å². The first-order valence-corrected chi connectivity index (χ1v) is 11.3. The van der Waals surface area contributed by atoms with Gasteiger partial charge in [-0.15, -0.1) is 0 Å². The van der Waals surface area contributed by atoms with E-state index in [4.69, 9.17) is 11.6 Å². The van der Waals surface area contributed by atoms with Crippen LogP contribution in [0.4, 0.5) is 0 Å². The summed E-state index contributed by atoms with van der Waals surface area (Å²) in [6, 6.07) is 15.4. The number of halogens is 1. The first-order chi connectivity index (χ1) is 13.3. The van der Waals surface area contributed by atoms with Crippen LogP contribution in [0.25, 0.3) is 0 Å². The molecule has 150 valence electrons. The molecule has 0 bridgehead atoms. The molecular formula is C21H25ClN2O3S. The van der Waals surface area contributed by atoms with Crippen LogP contribution in [0.2, 0.25) is 5.02 Å². The van der Waals surface area contributed by atoms with Crippen molar-refractivity contribution in [3.8, 4) is 0 Å². The van der Waals surface area contributed by atoms with Gasteiger partial charge in [-0.3, -0.25) is 4.79 Å². The number of sulfonamides is 1. The molecule has 0 spiro atoms. The van der Waals surface area contributed by atoms with E-state index in [0.717, 1.165) is 19.3 Å². The van der Waals surface area contributed by atoms with Gasteiger partial charge in [0.05, 0.1) is 10.9 Å². The van der Waals surface area contributed by atoms with Crippen LogP contribution in [0.3, 0.4) is 0 Å². The van der Waals surface area contributed by atoms with Crippen molar-refractivity contribution in [2.75, 3.05) is 13.1 Å². The van der Waals surface area contributed by atoms with Crippen LogP contribution in [0.15, 0.2) is 59.5 Å². The number of carbonyl (C=O) groups is 1. The van der Waals surface area contributed by atoms with Crippen molar-refractivity contribution in [2.24, 2.45) is 5.92 Å². The summed E-state index contributed by atoms with van der Waals surface area (Å²) in [5.41, 5.74) is 1.32. The van der Waals surface area contributed by atoms with E-state index in [-0.39, 0.29) is 10.8 Å². The van der Waals surface area contributed by atoms with Crippen molar-refractivity contribution in [1.82, 2.24) is 9.62 Å². The lowest BCUT2D eigenvalue weighted by atomic mass is 9.90. The van der Waals surface area contributed by atoms with Crippen LogP contribution in [0.1, 0.15) is 25.3 Å². The lowest BCUT2D eigenvalue weighted by Gasteiger charge is -2.33. The fourth-order valence-electron chi connectivity index (χ4n) is 3.54. The fraction of sp³-hybridized carbons (Fsp3) is 0.381. The highest BCUT2D eigenvalue weighted by atomic mass is 35.5. The Bertz CT molecular complexity index is 893. The molecule has 1 saturated heterocycles. The second-order valence-electron chi connectivity index (χ2n) is 7.26. The summed E-state index contributed by atoms with van der Waals surface area (Å²) in [6.07, 6.45) is 2.87. The molecule has 1 aliphatic heterocycles. The van der Waals surface area contributed by atoms with Gasteiger partial charge in [0.2, 0.25) is 15.9 Å². The SMILES string of the molecule is CC(NS(=O)(=O)c1ccc(Cl)cc1)C(=O)N1CCC(Cc2ccccc2)CC1. The Hall–Kier alpha value is -1.89. The Morgan fingerprint density at radius 3 is 2.32 bits per heavy atom. The molecule has 1 fully saturated rings. The molecule has 0 aromatic heterocycles. The van der Waals surface area contributed by atoms with Gasteiger partial charge in [-0.2, -0.15) is 4.72 Å². The standard InChI is InChI=1S/C21H25ClN2O3S/c1-16(23-28(26,27)20-9-7-19(22)8-10-20)21(25)24-13-11-18(12-14-24)15-17-5-3-2-4-6-17/h2-10,16,18,23H,11-15H2,1H3. The smallest absolute Gasteiger partial charge is 0.241 e. The molecule has 1 unspecified atom stereocenters. The molecule has 0 saturated carbocycles. The molecule has 1 atom stereocenters. The normalized spacial score (nSPS) is 16.7. The zero-order chi connectivity index (χ0) is 20.1. The zero-order valence-electron chi connectivity index (χ0n) is 15.8. The molecule has 5 nitrogen and oxygen atoms in total. The minimum absolute atomic E-state index is 0.0955. The summed E-state index contributed by atoms with van der Waals surface area (Å²) in [5, 5.41) is 0.460. The summed E-state index contributed by atoms with van der Waals surface area (Å²) in [6.45, 7) is 2.90. The Kier molecular flexibility index (Phi) is 6.75. The lowest BCUT2D eigenvalue weighted by molar-refractivity contribution is -0.133. The highest BCUT2D eigenvalue weighted by Crippen LogP contribution is 2.22. The minimum atomic E-state index is -3.77. The predicted octanol–water partition coefficient (Wildman–Crippen LogP) is 3.49. The van der Waals surface area contributed by atoms with Gasteiger partial charge < -0.3 is 4.90 Å². The molecule has 1 N–H and O–H groups in total. The van der Waals surface area contributed by atoms with Crippen molar-refractivity contribution in [2.45, 2.75) is 37.1 Å². The van der Waals surface area contributed by atoms with Crippen LogP contribution < -0.4 is 4.72 Å². The van der Waals surface area contributed by atoms with Gasteiger partial charge in [-0.05, 0) is 61.9 Å². The van der Waals surface area contributed by atoms with E-state index in [9.17, 15) is 13.2 Å². The monoisotopic (exact) mass is 420 g/mol. The molecule has 1 amide bonds. The molecule has 3 rings (SSSR count). The average Bonchev–Trinajstić information content (AvgIpc) is 2.69. The van der Waals surface area contributed by atoms with E-state index in [1.807, 2.05) is 18.2 Å². The predicted molar refractivity (Wildman–Crippen MR) is 111 cm³/mol. The second-order valence-corrected chi connectivity index (χ2v) is 9.41. The van der Waals surface area contributed by atoms with Crippen molar-refractivity contribution in [3.05, 3.63) is 65.2 Å². The van der Waals surface area contributed by atoms with Gasteiger partial charge >= 0.3 is 0 Å². The maximum atomic E-state index is 12.7. The molecule has 0 radical (unpaired) electrons. The highest BCUT2D eigenvalue weighted by Gasteiger charge is 2.29. The number of nitrogens with zero attached hydrogens (tertiary/aromatic N) is 1. The number of benzene rings is 2. The fourth-order valence-corrected chi connectivity index (χ4v) is 4.87. The topological polar surface area (TPSA) is 66.5 Å². The molecule has 1 aliphatic rings. The summed E-state index contributed by atoms with van der Waals surface area (Å²) < 4.78 is 27.4. The van der Waals surface area contributed by atoms with Crippen LogP contribution >= 0.6 is 11.6 Å². The number of likely N-dealkylation sites (tertiary alicyclic amines) is 1. The van der Waals surface area contributed by atoms with Crippen molar-refractivity contribution >= 4 is 27.5 Å². The van der Waals surface area contributed by atoms with E-state index < -0.39 is 16.1 Å². The lowest BCUT2D eigenvalue weighted by Crippen LogP contribution is -2.49. The molecule has 2 aromatic rings. The Balaban J connectivity index is 1.53. The third kappa shape index (κ3) is 5.34.